The van der Waals surface area contributed by atoms with Crippen LogP contribution < -0.4 is 11.0 Å². The van der Waals surface area contributed by atoms with Crippen molar-refractivity contribution in [3.8, 4) is 0 Å². The van der Waals surface area contributed by atoms with Crippen LogP contribution in [-0.4, -0.2) is 20.7 Å². The Kier molecular flexibility index (Phi) is 3.97. The highest BCUT2D eigenvalue weighted by Crippen LogP contribution is 2.24. The Morgan fingerprint density at radius 3 is 2.87 bits per heavy atom. The zero-order chi connectivity index (χ0) is 16.4. The molecule has 2 aromatic heterocycles. The number of H-pyrrole nitrogens is 1. The number of nitrogens with zero attached hydrogens (tertiary/aromatic N) is 3. The summed E-state index contributed by atoms with van der Waals surface area (Å²) in [6.45, 7) is 6.88. The van der Waals surface area contributed by atoms with E-state index in [1.54, 1.807) is 13.1 Å². The van der Waals surface area contributed by atoms with E-state index in [1.807, 2.05) is 12.1 Å². The van der Waals surface area contributed by atoms with Crippen LogP contribution in [0.15, 0.2) is 40.2 Å². The highest BCUT2D eigenvalue weighted by atomic mass is 16.1. The number of anilines is 1. The van der Waals surface area contributed by atoms with Gasteiger partial charge in [-0.1, -0.05) is 18.2 Å². The number of rotatable bonds is 4. The number of fused-ring (bicyclic) bond motifs is 1. The lowest BCUT2D eigenvalue weighted by atomic mass is 10.1. The summed E-state index contributed by atoms with van der Waals surface area (Å²) < 4.78 is 2.25. The van der Waals surface area contributed by atoms with Crippen LogP contribution in [-0.2, 0) is 6.54 Å². The number of hydrogen-bond acceptors (Lipinski definition) is 4. The SMILES string of the molecule is CCn1c(C)c(/C=N\Nc2nc(C)cc(=O)[nH]2)c2ccccc21. The smallest absolute Gasteiger partial charge is 0.252 e. The molecule has 23 heavy (non-hydrogen) atoms. The van der Waals surface area contributed by atoms with Crippen molar-refractivity contribution < 1.29 is 0 Å². The third-order valence-electron chi connectivity index (χ3n) is 3.83. The second-order valence-corrected chi connectivity index (χ2v) is 5.37. The summed E-state index contributed by atoms with van der Waals surface area (Å²) >= 11 is 0. The van der Waals surface area contributed by atoms with Gasteiger partial charge >= 0.3 is 0 Å². The summed E-state index contributed by atoms with van der Waals surface area (Å²) in [5, 5.41) is 5.39. The molecule has 0 spiro atoms. The van der Waals surface area contributed by atoms with Crippen molar-refractivity contribution in [2.45, 2.75) is 27.3 Å². The fourth-order valence-corrected chi connectivity index (χ4v) is 2.82. The highest BCUT2D eigenvalue weighted by molar-refractivity contribution is 6.01. The first-order valence-electron chi connectivity index (χ1n) is 7.55. The van der Waals surface area contributed by atoms with Crippen LogP contribution in [0.1, 0.15) is 23.9 Å². The predicted molar refractivity (Wildman–Crippen MR) is 93.2 cm³/mol. The van der Waals surface area contributed by atoms with Crippen molar-refractivity contribution in [1.82, 2.24) is 14.5 Å². The molecule has 3 rings (SSSR count). The normalized spacial score (nSPS) is 11.4. The first-order chi connectivity index (χ1) is 11.1. The second kappa shape index (κ2) is 6.08. The number of aromatic nitrogens is 3. The van der Waals surface area contributed by atoms with Gasteiger partial charge in [0.05, 0.1) is 6.21 Å². The molecule has 1 aromatic carbocycles. The van der Waals surface area contributed by atoms with Gasteiger partial charge in [-0.15, -0.1) is 0 Å². The van der Waals surface area contributed by atoms with Gasteiger partial charge in [-0.3, -0.25) is 9.78 Å². The molecule has 0 fully saturated rings. The third-order valence-corrected chi connectivity index (χ3v) is 3.83. The molecule has 3 aromatic rings. The van der Waals surface area contributed by atoms with Crippen molar-refractivity contribution in [3.05, 3.63) is 57.6 Å². The molecular weight excluding hydrogens is 290 g/mol. The first-order valence-corrected chi connectivity index (χ1v) is 7.55. The largest absolute Gasteiger partial charge is 0.344 e. The fourth-order valence-electron chi connectivity index (χ4n) is 2.82. The Labute approximate surface area is 133 Å². The monoisotopic (exact) mass is 309 g/mol. The van der Waals surface area contributed by atoms with Crippen LogP contribution in [0, 0.1) is 13.8 Å². The zero-order valence-electron chi connectivity index (χ0n) is 13.4. The summed E-state index contributed by atoms with van der Waals surface area (Å²) in [5.74, 6) is 0.336. The van der Waals surface area contributed by atoms with Gasteiger partial charge in [0.2, 0.25) is 5.95 Å². The van der Waals surface area contributed by atoms with Crippen LogP contribution in [0.2, 0.25) is 0 Å². The van der Waals surface area contributed by atoms with E-state index < -0.39 is 0 Å². The number of aromatic amines is 1. The van der Waals surface area contributed by atoms with Crippen LogP contribution in [0.5, 0.6) is 0 Å². The van der Waals surface area contributed by atoms with Gasteiger partial charge in [-0.05, 0) is 26.8 Å². The van der Waals surface area contributed by atoms with Gasteiger partial charge in [0.15, 0.2) is 0 Å². The van der Waals surface area contributed by atoms with Crippen LogP contribution in [0.3, 0.4) is 0 Å². The summed E-state index contributed by atoms with van der Waals surface area (Å²) in [5.41, 5.74) is 6.64. The van der Waals surface area contributed by atoms with Gasteiger partial charge < -0.3 is 4.57 Å². The van der Waals surface area contributed by atoms with Gasteiger partial charge in [0.25, 0.3) is 5.56 Å². The number of benzene rings is 1. The first kappa shape index (κ1) is 15.0. The molecule has 0 aliphatic heterocycles. The number of hydrazone groups is 1. The van der Waals surface area contributed by atoms with Gasteiger partial charge in [0.1, 0.15) is 0 Å². The minimum absolute atomic E-state index is 0.200. The number of nitrogens with one attached hydrogen (secondary N) is 2. The molecule has 0 aliphatic rings. The van der Waals surface area contributed by atoms with Gasteiger partial charge in [-0.25, -0.2) is 10.4 Å². The standard InChI is InChI=1S/C17H19N5O/c1-4-22-12(3)14(13-7-5-6-8-15(13)22)10-18-21-17-19-11(2)9-16(23)20-17/h5-10H,4H2,1-3H3,(H2,19,20,21,23)/b18-10-. The van der Waals surface area contributed by atoms with E-state index in [9.17, 15) is 4.79 Å². The van der Waals surface area contributed by atoms with Crippen LogP contribution >= 0.6 is 0 Å². The lowest BCUT2D eigenvalue weighted by molar-refractivity contribution is 0.769. The van der Waals surface area contributed by atoms with E-state index in [0.717, 1.165) is 23.2 Å². The molecule has 0 aliphatic carbocycles. The Balaban J connectivity index is 1.95. The quantitative estimate of drug-likeness (QED) is 0.575. The molecule has 0 amide bonds. The Morgan fingerprint density at radius 1 is 1.35 bits per heavy atom. The van der Waals surface area contributed by atoms with Crippen LogP contribution in [0.4, 0.5) is 5.95 Å². The third kappa shape index (κ3) is 2.88. The molecule has 2 heterocycles. The van der Waals surface area contributed by atoms with Crippen LogP contribution in [0.25, 0.3) is 10.9 Å². The molecule has 6 heteroatoms. The average Bonchev–Trinajstić information content (AvgIpc) is 2.78. The Bertz CT molecular complexity index is 936. The minimum Gasteiger partial charge on any atom is -0.344 e. The topological polar surface area (TPSA) is 75.1 Å². The lowest BCUT2D eigenvalue weighted by Gasteiger charge is -2.03. The summed E-state index contributed by atoms with van der Waals surface area (Å²) in [7, 11) is 0. The van der Waals surface area contributed by atoms with Crippen molar-refractivity contribution in [2.75, 3.05) is 5.43 Å². The highest BCUT2D eigenvalue weighted by Gasteiger charge is 2.10. The van der Waals surface area contributed by atoms with E-state index in [2.05, 4.69) is 51.0 Å². The molecule has 0 radical (unpaired) electrons. The zero-order valence-corrected chi connectivity index (χ0v) is 13.4. The fraction of sp³-hybridized carbons (Fsp3) is 0.235. The maximum absolute atomic E-state index is 11.4. The maximum atomic E-state index is 11.4. The Morgan fingerprint density at radius 2 is 2.13 bits per heavy atom. The van der Waals surface area contributed by atoms with E-state index in [1.165, 1.54) is 11.6 Å². The number of aryl methyl sites for hydroxylation is 2. The molecule has 0 bridgehead atoms. The second-order valence-electron chi connectivity index (χ2n) is 5.37. The molecule has 0 unspecified atom stereocenters. The molecule has 118 valence electrons. The maximum Gasteiger partial charge on any atom is 0.252 e. The summed E-state index contributed by atoms with van der Waals surface area (Å²) in [6, 6.07) is 9.69. The Hall–Kier alpha value is -2.89. The molecule has 0 saturated carbocycles. The van der Waals surface area contributed by atoms with Crippen molar-refractivity contribution in [3.63, 3.8) is 0 Å². The molecule has 6 nitrogen and oxygen atoms in total. The summed E-state index contributed by atoms with van der Waals surface area (Å²) in [4.78, 5) is 18.2. The van der Waals surface area contributed by atoms with Gasteiger partial charge in [-0.2, -0.15) is 5.10 Å². The minimum atomic E-state index is -0.200. The lowest BCUT2D eigenvalue weighted by Crippen LogP contribution is -2.10. The van der Waals surface area contributed by atoms with E-state index in [0.29, 0.717) is 11.6 Å². The molecule has 0 saturated heterocycles. The predicted octanol–water partition coefficient (Wildman–Crippen LogP) is 2.81. The van der Waals surface area contributed by atoms with E-state index >= 15 is 0 Å². The number of hydrogen-bond donors (Lipinski definition) is 2. The van der Waals surface area contributed by atoms with Crippen molar-refractivity contribution >= 4 is 23.1 Å². The van der Waals surface area contributed by atoms with E-state index in [4.69, 9.17) is 0 Å². The van der Waals surface area contributed by atoms with E-state index in [-0.39, 0.29) is 5.56 Å². The molecule has 2 N–H and O–H groups in total. The summed E-state index contributed by atoms with van der Waals surface area (Å²) in [6.07, 6.45) is 1.77. The average molecular weight is 309 g/mol. The van der Waals surface area contributed by atoms with Crippen molar-refractivity contribution in [1.29, 1.82) is 0 Å². The van der Waals surface area contributed by atoms with Gasteiger partial charge in [0, 0.05) is 40.5 Å². The molecule has 0 atom stereocenters. The molecular formula is C17H19N5O. The van der Waals surface area contributed by atoms with Crippen molar-refractivity contribution in [2.24, 2.45) is 5.10 Å². The number of para-hydroxylation sites is 1.